The molecule has 0 spiro atoms. The normalized spacial score (nSPS) is 20.5. The lowest BCUT2D eigenvalue weighted by molar-refractivity contribution is -0.118. The monoisotopic (exact) mass is 318 g/mol. The van der Waals surface area contributed by atoms with Crippen LogP contribution in [0.3, 0.4) is 0 Å². The van der Waals surface area contributed by atoms with E-state index >= 15 is 0 Å². The van der Waals surface area contributed by atoms with Gasteiger partial charge in [0.15, 0.2) is 0 Å². The van der Waals surface area contributed by atoms with Crippen LogP contribution >= 0.6 is 0 Å². The van der Waals surface area contributed by atoms with Crippen LogP contribution in [-0.4, -0.2) is 28.1 Å². The molecule has 124 valence electrons. The lowest BCUT2D eigenvalue weighted by Gasteiger charge is -2.15. The third-order valence-electron chi connectivity index (χ3n) is 3.80. The number of allylic oxidation sites excluding steroid dienone is 1. The third kappa shape index (κ3) is 4.84. The molecule has 0 saturated carbocycles. The van der Waals surface area contributed by atoms with Crippen LogP contribution in [0.4, 0.5) is 0 Å². The minimum Gasteiger partial charge on any atom is -0.508 e. The van der Waals surface area contributed by atoms with Gasteiger partial charge in [-0.05, 0) is 37.8 Å². The molecule has 0 aliphatic carbocycles. The molecule has 5 heteroatoms. The fraction of sp³-hybridized carbons (Fsp3) is 0.444. The number of Topliss-reactive ketones (excluding diaryl/α,β-unsaturated/α-hetero) is 1. The van der Waals surface area contributed by atoms with Gasteiger partial charge in [-0.15, -0.1) is 0 Å². The highest BCUT2D eigenvalue weighted by Crippen LogP contribution is 2.29. The smallest absolute Gasteiger partial charge is 0.342 e. The summed E-state index contributed by atoms with van der Waals surface area (Å²) in [5.74, 6) is -1.26. The maximum absolute atomic E-state index is 12.3. The van der Waals surface area contributed by atoms with E-state index in [1.165, 1.54) is 6.07 Å². The number of benzene rings is 1. The fourth-order valence-electron chi connectivity index (χ4n) is 2.62. The number of ketones is 1. The quantitative estimate of drug-likeness (QED) is 0.566. The number of esters is 1. The van der Waals surface area contributed by atoms with Crippen LogP contribution in [0.25, 0.3) is 0 Å². The second kappa shape index (κ2) is 7.81. The Morgan fingerprint density at radius 3 is 2.70 bits per heavy atom. The summed E-state index contributed by atoms with van der Waals surface area (Å²) in [6.07, 6.45) is 7.26. The molecule has 1 aromatic carbocycles. The number of carbonyl (C=O) groups is 2. The molecular formula is C18H22O5. The summed E-state index contributed by atoms with van der Waals surface area (Å²) in [6.45, 7) is 1.77. The number of rotatable bonds is 0. The summed E-state index contributed by atoms with van der Waals surface area (Å²) in [5.41, 5.74) is 0.265. The summed E-state index contributed by atoms with van der Waals surface area (Å²) in [5, 5.41) is 19.6. The van der Waals surface area contributed by atoms with Gasteiger partial charge >= 0.3 is 5.97 Å². The second-order valence-corrected chi connectivity index (χ2v) is 5.88. The molecule has 0 fully saturated rings. The maximum atomic E-state index is 12.3. The summed E-state index contributed by atoms with van der Waals surface area (Å²) in [7, 11) is 0. The molecule has 0 bridgehead atoms. The summed E-state index contributed by atoms with van der Waals surface area (Å²) >= 11 is 0. The first-order valence-electron chi connectivity index (χ1n) is 7.90. The number of cyclic esters (lactones) is 1. The van der Waals surface area contributed by atoms with Gasteiger partial charge < -0.3 is 14.9 Å². The van der Waals surface area contributed by atoms with Crippen LogP contribution in [0.15, 0.2) is 24.3 Å². The number of ether oxygens (including phenoxy) is 1. The molecule has 1 aromatic rings. The van der Waals surface area contributed by atoms with Crippen molar-refractivity contribution < 1.29 is 24.5 Å². The van der Waals surface area contributed by atoms with Crippen LogP contribution in [0.2, 0.25) is 0 Å². The van der Waals surface area contributed by atoms with Gasteiger partial charge in [-0.2, -0.15) is 0 Å². The molecule has 1 aliphatic rings. The van der Waals surface area contributed by atoms with E-state index in [2.05, 4.69) is 0 Å². The van der Waals surface area contributed by atoms with Gasteiger partial charge in [-0.3, -0.25) is 4.79 Å². The van der Waals surface area contributed by atoms with Crippen molar-refractivity contribution in [1.29, 1.82) is 0 Å². The third-order valence-corrected chi connectivity index (χ3v) is 3.80. The molecule has 23 heavy (non-hydrogen) atoms. The van der Waals surface area contributed by atoms with Gasteiger partial charge in [0, 0.05) is 25.3 Å². The van der Waals surface area contributed by atoms with E-state index in [1.807, 2.05) is 12.2 Å². The Bertz CT molecular complexity index is 618. The Kier molecular flexibility index (Phi) is 5.79. The molecule has 0 aromatic heterocycles. The van der Waals surface area contributed by atoms with E-state index in [0.29, 0.717) is 18.4 Å². The summed E-state index contributed by atoms with van der Waals surface area (Å²) in [4.78, 5) is 24.4. The van der Waals surface area contributed by atoms with Crippen molar-refractivity contribution >= 4 is 11.8 Å². The number of fused-ring (bicyclic) bond motifs is 1. The highest BCUT2D eigenvalue weighted by atomic mass is 16.5. The summed E-state index contributed by atoms with van der Waals surface area (Å²) < 4.78 is 5.33. The minimum atomic E-state index is -0.678. The number of phenolic OH excluding ortho intramolecular Hbond substituents is 2. The van der Waals surface area contributed by atoms with Crippen LogP contribution in [0.5, 0.6) is 11.5 Å². The zero-order valence-corrected chi connectivity index (χ0v) is 13.2. The average molecular weight is 318 g/mol. The highest BCUT2D eigenvalue weighted by Gasteiger charge is 2.22. The Hall–Kier alpha value is -2.30. The Labute approximate surface area is 135 Å². The number of carbonyl (C=O) groups excluding carboxylic acids is 2. The van der Waals surface area contributed by atoms with Crippen molar-refractivity contribution in [3.05, 3.63) is 35.4 Å². The average Bonchev–Trinajstić information content (AvgIpc) is 2.44. The predicted octanol–water partition coefficient (Wildman–Crippen LogP) is 3.28. The molecule has 5 nitrogen and oxygen atoms in total. The van der Waals surface area contributed by atoms with E-state index in [1.54, 1.807) is 6.92 Å². The molecule has 2 N–H and O–H groups in total. The minimum absolute atomic E-state index is 0.00336. The van der Waals surface area contributed by atoms with E-state index in [0.717, 1.165) is 25.3 Å². The number of hydrogen-bond donors (Lipinski definition) is 2. The maximum Gasteiger partial charge on any atom is 0.342 e. The van der Waals surface area contributed by atoms with Crippen molar-refractivity contribution in [3.8, 4) is 11.5 Å². The van der Waals surface area contributed by atoms with Gasteiger partial charge in [-0.1, -0.05) is 12.2 Å². The largest absolute Gasteiger partial charge is 0.508 e. The Morgan fingerprint density at radius 2 is 1.91 bits per heavy atom. The molecule has 0 unspecified atom stereocenters. The van der Waals surface area contributed by atoms with Gasteiger partial charge in [0.05, 0.1) is 0 Å². The highest BCUT2D eigenvalue weighted by molar-refractivity contribution is 5.96. The van der Waals surface area contributed by atoms with Gasteiger partial charge in [0.25, 0.3) is 0 Å². The molecule has 0 radical (unpaired) electrons. The van der Waals surface area contributed by atoms with Crippen LogP contribution < -0.4 is 0 Å². The zero-order valence-electron chi connectivity index (χ0n) is 13.2. The number of aromatic hydroxyl groups is 2. The van der Waals surface area contributed by atoms with Crippen LogP contribution in [0, 0.1) is 0 Å². The van der Waals surface area contributed by atoms with Gasteiger partial charge in [-0.25, -0.2) is 4.79 Å². The first-order valence-corrected chi connectivity index (χ1v) is 7.90. The van der Waals surface area contributed by atoms with E-state index < -0.39 is 5.97 Å². The lowest BCUT2D eigenvalue weighted by atomic mass is 9.98. The molecular weight excluding hydrogens is 296 g/mol. The fourth-order valence-corrected chi connectivity index (χ4v) is 2.62. The van der Waals surface area contributed by atoms with Crippen LogP contribution in [0.1, 0.15) is 54.9 Å². The van der Waals surface area contributed by atoms with Crippen molar-refractivity contribution in [2.75, 3.05) is 0 Å². The SMILES string of the molecule is C[C@H]1CC=CCCCCC(=O)Cc2cc(O)cc(O)c2C(=O)O1. The van der Waals surface area contributed by atoms with E-state index in [-0.39, 0.29) is 35.4 Å². The standard InChI is InChI=1S/C18H22O5/c1-12-7-5-3-2-4-6-8-14(19)9-13-10-15(20)11-16(21)17(13)18(22)23-12/h3,5,10-12,20-21H,2,4,6-9H2,1H3/t12-/m0/s1. The topological polar surface area (TPSA) is 83.8 Å². The van der Waals surface area contributed by atoms with Crippen molar-refractivity contribution in [3.63, 3.8) is 0 Å². The van der Waals surface area contributed by atoms with Gasteiger partial charge in [0.1, 0.15) is 28.9 Å². The van der Waals surface area contributed by atoms with Crippen LogP contribution in [-0.2, 0) is 16.0 Å². The molecule has 2 rings (SSSR count). The summed E-state index contributed by atoms with van der Waals surface area (Å²) in [6, 6.07) is 2.42. The second-order valence-electron chi connectivity index (χ2n) is 5.88. The Balaban J connectivity index is 2.34. The molecule has 1 heterocycles. The molecule has 0 saturated heterocycles. The van der Waals surface area contributed by atoms with E-state index in [9.17, 15) is 19.8 Å². The van der Waals surface area contributed by atoms with Crippen molar-refractivity contribution in [1.82, 2.24) is 0 Å². The lowest BCUT2D eigenvalue weighted by Crippen LogP contribution is -2.17. The number of hydrogen-bond acceptors (Lipinski definition) is 5. The van der Waals surface area contributed by atoms with Crippen molar-refractivity contribution in [2.45, 2.75) is 51.6 Å². The van der Waals surface area contributed by atoms with Gasteiger partial charge in [0.2, 0.25) is 0 Å². The first kappa shape index (κ1) is 17.1. The number of phenols is 2. The molecule has 0 amide bonds. The first-order chi connectivity index (χ1) is 11.0. The molecule has 1 atom stereocenters. The molecule has 1 aliphatic heterocycles. The van der Waals surface area contributed by atoms with Crippen molar-refractivity contribution in [2.24, 2.45) is 0 Å². The van der Waals surface area contributed by atoms with E-state index in [4.69, 9.17) is 4.74 Å². The zero-order chi connectivity index (χ0) is 16.8. The Morgan fingerprint density at radius 1 is 1.13 bits per heavy atom. The predicted molar refractivity (Wildman–Crippen MR) is 85.6 cm³/mol.